The number of nitrogens with two attached hydrogens (primary N) is 1. The predicted molar refractivity (Wildman–Crippen MR) is 67.9 cm³/mol. The lowest BCUT2D eigenvalue weighted by Crippen LogP contribution is -2.28. The van der Waals surface area contributed by atoms with Crippen molar-refractivity contribution in [2.75, 3.05) is 19.3 Å². The first-order valence-electron chi connectivity index (χ1n) is 5.74. The van der Waals surface area contributed by atoms with E-state index in [4.69, 9.17) is 5.73 Å². The molecule has 3 N–H and O–H groups in total. The van der Waals surface area contributed by atoms with Gasteiger partial charge in [0, 0.05) is 41.8 Å². The number of pyridine rings is 1. The molecule has 1 aliphatic heterocycles. The first-order chi connectivity index (χ1) is 8.16. The molecule has 88 valence electrons. The molecule has 0 amide bonds. The zero-order chi connectivity index (χ0) is 12.0. The number of phenolic OH excluding ortho intramolecular Hbond substituents is 1. The molecule has 0 unspecified atom stereocenters. The summed E-state index contributed by atoms with van der Waals surface area (Å²) in [5.74, 6) is 0.205. The number of benzene rings is 1. The van der Waals surface area contributed by atoms with E-state index >= 15 is 0 Å². The number of fused-ring (bicyclic) bond motifs is 2. The third-order valence-corrected chi connectivity index (χ3v) is 3.38. The van der Waals surface area contributed by atoms with Gasteiger partial charge in [0.15, 0.2) is 0 Å². The molecule has 1 aliphatic rings. The summed E-state index contributed by atoms with van der Waals surface area (Å²) in [5.41, 5.74) is 9.70. The predicted octanol–water partition coefficient (Wildman–Crippen LogP) is 1.51. The van der Waals surface area contributed by atoms with Crippen molar-refractivity contribution >= 4 is 16.6 Å². The van der Waals surface area contributed by atoms with Crippen LogP contribution in [0.1, 0.15) is 11.3 Å². The van der Waals surface area contributed by atoms with Gasteiger partial charge >= 0.3 is 0 Å². The number of hydrogen-bond donors (Lipinski definition) is 2. The van der Waals surface area contributed by atoms with E-state index in [1.54, 1.807) is 12.1 Å². The van der Waals surface area contributed by atoms with Crippen LogP contribution in [0.2, 0.25) is 0 Å². The molecule has 0 atom stereocenters. The summed E-state index contributed by atoms with van der Waals surface area (Å²) in [6.45, 7) is 1.82. The topological polar surface area (TPSA) is 62.4 Å². The van der Waals surface area contributed by atoms with E-state index in [-0.39, 0.29) is 5.75 Å². The van der Waals surface area contributed by atoms with Crippen molar-refractivity contribution in [1.82, 2.24) is 9.88 Å². The van der Waals surface area contributed by atoms with Crippen molar-refractivity contribution in [2.45, 2.75) is 13.0 Å². The summed E-state index contributed by atoms with van der Waals surface area (Å²) >= 11 is 0. The molecule has 0 spiro atoms. The van der Waals surface area contributed by atoms with Gasteiger partial charge in [-0.3, -0.25) is 0 Å². The number of anilines is 1. The van der Waals surface area contributed by atoms with Crippen molar-refractivity contribution in [2.24, 2.45) is 0 Å². The zero-order valence-electron chi connectivity index (χ0n) is 9.77. The Bertz CT molecular complexity index is 595. The number of hydrogen-bond acceptors (Lipinski definition) is 4. The Balaban J connectivity index is 2.33. The van der Waals surface area contributed by atoms with E-state index in [0.29, 0.717) is 5.52 Å². The Labute approximate surface area is 99.7 Å². The molecule has 0 fully saturated rings. The molecule has 2 heterocycles. The summed E-state index contributed by atoms with van der Waals surface area (Å²) in [6, 6.07) is 5.36. The SMILES string of the molecule is CN1CCc2nc3c(O)cccc3c(N)c2C1. The molecule has 0 radical (unpaired) electrons. The van der Waals surface area contributed by atoms with Crippen LogP contribution in [-0.2, 0) is 13.0 Å². The smallest absolute Gasteiger partial charge is 0.141 e. The van der Waals surface area contributed by atoms with Crippen LogP contribution in [-0.4, -0.2) is 28.6 Å². The second-order valence-corrected chi connectivity index (χ2v) is 4.61. The number of likely N-dealkylation sites (N-methyl/N-ethyl adjacent to an activating group) is 1. The number of nitrogen functional groups attached to an aromatic ring is 1. The van der Waals surface area contributed by atoms with Gasteiger partial charge in [0.05, 0.1) is 0 Å². The second kappa shape index (κ2) is 3.60. The van der Waals surface area contributed by atoms with Gasteiger partial charge in [-0.1, -0.05) is 12.1 Å². The van der Waals surface area contributed by atoms with Crippen LogP contribution < -0.4 is 5.73 Å². The van der Waals surface area contributed by atoms with E-state index in [1.165, 1.54) is 0 Å². The van der Waals surface area contributed by atoms with Crippen molar-refractivity contribution in [3.05, 3.63) is 29.5 Å². The molecule has 0 aliphatic carbocycles. The molecule has 3 rings (SSSR count). The minimum atomic E-state index is 0.205. The monoisotopic (exact) mass is 229 g/mol. The summed E-state index contributed by atoms with van der Waals surface area (Å²) < 4.78 is 0. The third kappa shape index (κ3) is 1.52. The van der Waals surface area contributed by atoms with Gasteiger partial charge in [-0.15, -0.1) is 0 Å². The lowest BCUT2D eigenvalue weighted by Gasteiger charge is -2.26. The van der Waals surface area contributed by atoms with Crippen LogP contribution in [0.4, 0.5) is 5.69 Å². The highest BCUT2D eigenvalue weighted by Gasteiger charge is 2.19. The van der Waals surface area contributed by atoms with Crippen LogP contribution in [0.5, 0.6) is 5.75 Å². The first-order valence-corrected chi connectivity index (χ1v) is 5.74. The summed E-state index contributed by atoms with van der Waals surface area (Å²) in [7, 11) is 2.08. The van der Waals surface area contributed by atoms with Crippen LogP contribution in [0.15, 0.2) is 18.2 Å². The number of nitrogens with zero attached hydrogens (tertiary/aromatic N) is 2. The van der Waals surface area contributed by atoms with E-state index in [2.05, 4.69) is 16.9 Å². The fourth-order valence-electron chi connectivity index (χ4n) is 2.42. The maximum absolute atomic E-state index is 9.82. The van der Waals surface area contributed by atoms with Gasteiger partial charge in [0.1, 0.15) is 11.3 Å². The van der Waals surface area contributed by atoms with E-state index in [1.807, 2.05) is 6.07 Å². The molecule has 0 bridgehead atoms. The van der Waals surface area contributed by atoms with Crippen LogP contribution in [0.3, 0.4) is 0 Å². The van der Waals surface area contributed by atoms with Crippen LogP contribution in [0, 0.1) is 0 Å². The van der Waals surface area contributed by atoms with Crippen LogP contribution in [0.25, 0.3) is 10.9 Å². The van der Waals surface area contributed by atoms with E-state index in [9.17, 15) is 5.11 Å². The van der Waals surface area contributed by atoms with Gasteiger partial charge in [0.2, 0.25) is 0 Å². The first kappa shape index (κ1) is 10.4. The lowest BCUT2D eigenvalue weighted by molar-refractivity contribution is 0.311. The summed E-state index contributed by atoms with van der Waals surface area (Å²) in [5, 5.41) is 10.7. The quantitative estimate of drug-likeness (QED) is 0.718. The molecule has 0 saturated heterocycles. The molecule has 2 aromatic rings. The number of aromatic nitrogens is 1. The number of para-hydroxylation sites is 1. The van der Waals surface area contributed by atoms with Gasteiger partial charge in [0.25, 0.3) is 0 Å². The van der Waals surface area contributed by atoms with Crippen molar-refractivity contribution in [3.8, 4) is 5.75 Å². The van der Waals surface area contributed by atoms with Gasteiger partial charge in [-0.05, 0) is 13.1 Å². The molecule has 17 heavy (non-hydrogen) atoms. The van der Waals surface area contributed by atoms with E-state index < -0.39 is 0 Å². The van der Waals surface area contributed by atoms with E-state index in [0.717, 1.165) is 41.8 Å². The molecular formula is C13H15N3O. The second-order valence-electron chi connectivity index (χ2n) is 4.61. The molecule has 4 nitrogen and oxygen atoms in total. The molecule has 1 aromatic heterocycles. The summed E-state index contributed by atoms with van der Waals surface area (Å²) in [4.78, 5) is 6.79. The normalized spacial score (nSPS) is 16.1. The van der Waals surface area contributed by atoms with Crippen molar-refractivity contribution in [1.29, 1.82) is 0 Å². The lowest BCUT2D eigenvalue weighted by atomic mass is 10.0. The fourth-order valence-corrected chi connectivity index (χ4v) is 2.42. The van der Waals surface area contributed by atoms with Gasteiger partial charge < -0.3 is 15.7 Å². The summed E-state index contributed by atoms with van der Waals surface area (Å²) in [6.07, 6.45) is 0.889. The highest BCUT2D eigenvalue weighted by molar-refractivity contribution is 5.95. The molecule has 0 saturated carbocycles. The van der Waals surface area contributed by atoms with Crippen molar-refractivity contribution in [3.63, 3.8) is 0 Å². The molecular weight excluding hydrogens is 214 g/mol. The number of aromatic hydroxyl groups is 1. The Morgan fingerprint density at radius 3 is 3.06 bits per heavy atom. The van der Waals surface area contributed by atoms with Gasteiger partial charge in [-0.25, -0.2) is 4.98 Å². The average molecular weight is 229 g/mol. The Morgan fingerprint density at radius 1 is 1.41 bits per heavy atom. The maximum Gasteiger partial charge on any atom is 0.141 e. The maximum atomic E-state index is 9.82. The standard InChI is InChI=1S/C13H15N3O/c1-16-6-5-10-9(7-16)12(14)8-3-2-4-11(17)13(8)15-10/h2-4,17H,5-7H2,1H3,(H2,14,15). The largest absolute Gasteiger partial charge is 0.506 e. The fraction of sp³-hybridized carbons (Fsp3) is 0.308. The Kier molecular flexibility index (Phi) is 2.19. The highest BCUT2D eigenvalue weighted by Crippen LogP contribution is 2.33. The number of phenols is 1. The Hall–Kier alpha value is -1.81. The Morgan fingerprint density at radius 2 is 2.24 bits per heavy atom. The molecule has 4 heteroatoms. The average Bonchev–Trinajstić information content (AvgIpc) is 2.32. The number of rotatable bonds is 0. The van der Waals surface area contributed by atoms with Crippen LogP contribution >= 0.6 is 0 Å². The van der Waals surface area contributed by atoms with Crippen molar-refractivity contribution < 1.29 is 5.11 Å². The third-order valence-electron chi connectivity index (χ3n) is 3.38. The zero-order valence-corrected chi connectivity index (χ0v) is 9.77. The minimum Gasteiger partial charge on any atom is -0.506 e. The minimum absolute atomic E-state index is 0.205. The van der Waals surface area contributed by atoms with Gasteiger partial charge in [-0.2, -0.15) is 0 Å². The molecule has 1 aromatic carbocycles. The highest BCUT2D eigenvalue weighted by atomic mass is 16.3.